The van der Waals surface area contributed by atoms with E-state index < -0.39 is 11.0 Å². The minimum atomic E-state index is -0.712. The van der Waals surface area contributed by atoms with Gasteiger partial charge in [-0.1, -0.05) is 32.4 Å². The minimum absolute atomic E-state index is 0.198. The normalized spacial score (nSPS) is 11.5. The largest absolute Gasteiger partial charge is 0.354 e. The van der Waals surface area contributed by atoms with Gasteiger partial charge in [0.2, 0.25) is 5.78 Å². The Morgan fingerprint density at radius 2 is 1.83 bits per heavy atom. The molecule has 0 aromatic carbocycles. The van der Waals surface area contributed by atoms with Gasteiger partial charge in [-0.15, -0.1) is 11.3 Å². The Bertz CT molecular complexity index is 1810. The molecule has 0 saturated heterocycles. The van der Waals surface area contributed by atoms with E-state index in [1.165, 1.54) is 45.2 Å². The molecule has 10 nitrogen and oxygen atoms in total. The van der Waals surface area contributed by atoms with Crippen LogP contribution in [0.25, 0.3) is 22.5 Å². The van der Waals surface area contributed by atoms with Crippen LogP contribution in [0.15, 0.2) is 78.2 Å². The first kappa shape index (κ1) is 29.0. The van der Waals surface area contributed by atoms with E-state index in [1.807, 2.05) is 50.9 Å². The summed E-state index contributed by atoms with van der Waals surface area (Å²) in [4.78, 5) is 55.1. The van der Waals surface area contributed by atoms with Crippen molar-refractivity contribution in [2.45, 2.75) is 33.9 Å². The van der Waals surface area contributed by atoms with Gasteiger partial charge in [0.1, 0.15) is 17.8 Å². The lowest BCUT2D eigenvalue weighted by atomic mass is 9.96. The third kappa shape index (κ3) is 6.22. The fraction of sp³-hybridized carbons (Fsp3) is 0.233. The monoisotopic (exact) mass is 601 g/mol. The molecule has 5 rings (SSSR count). The summed E-state index contributed by atoms with van der Waals surface area (Å²) in [5.41, 5.74) is 1.15. The molecule has 0 unspecified atom stereocenters. The van der Waals surface area contributed by atoms with Crippen LogP contribution in [-0.4, -0.2) is 48.0 Å². The number of nitrogens with zero attached hydrogens (tertiary/aromatic N) is 7. The molecule has 0 radical (unpaired) electrons. The van der Waals surface area contributed by atoms with Crippen LogP contribution in [-0.2, 0) is 13.1 Å². The lowest BCUT2D eigenvalue weighted by Crippen LogP contribution is -2.31. The molecule has 5 heterocycles. The van der Waals surface area contributed by atoms with Crippen molar-refractivity contribution in [3.8, 4) is 22.5 Å². The zero-order valence-corrected chi connectivity index (χ0v) is 25.1. The molecule has 0 aliphatic rings. The van der Waals surface area contributed by atoms with Crippen molar-refractivity contribution in [2.75, 3.05) is 11.9 Å². The van der Waals surface area contributed by atoms with Gasteiger partial charge in [0, 0.05) is 59.2 Å². The number of halogens is 1. The highest BCUT2D eigenvalue weighted by Crippen LogP contribution is 2.31. The van der Waals surface area contributed by atoms with Crippen LogP contribution in [0.2, 0.25) is 4.34 Å². The van der Waals surface area contributed by atoms with E-state index in [4.69, 9.17) is 11.6 Å². The molecule has 0 N–H and O–H groups in total. The van der Waals surface area contributed by atoms with Gasteiger partial charge < -0.3 is 9.47 Å². The van der Waals surface area contributed by atoms with Crippen LogP contribution < -0.4 is 10.5 Å². The van der Waals surface area contributed by atoms with E-state index in [0.717, 1.165) is 4.88 Å². The highest BCUT2D eigenvalue weighted by atomic mass is 35.5. The predicted octanol–water partition coefficient (Wildman–Crippen LogP) is 5.48. The van der Waals surface area contributed by atoms with Crippen molar-refractivity contribution >= 4 is 40.4 Å². The molecule has 42 heavy (non-hydrogen) atoms. The first-order chi connectivity index (χ1) is 20.0. The Morgan fingerprint density at radius 1 is 1.02 bits per heavy atom. The highest BCUT2D eigenvalue weighted by Gasteiger charge is 2.28. The van der Waals surface area contributed by atoms with Crippen molar-refractivity contribution in [3.63, 3.8) is 0 Å². The number of pyridine rings is 2. The second-order valence-corrected chi connectivity index (χ2v) is 12.5. The van der Waals surface area contributed by atoms with Gasteiger partial charge in [-0.05, 0) is 36.4 Å². The number of carbonyl (C=O) groups is 2. The van der Waals surface area contributed by atoms with Gasteiger partial charge in [-0.2, -0.15) is 9.78 Å². The second-order valence-electron chi connectivity index (χ2n) is 10.7. The zero-order chi connectivity index (χ0) is 30.0. The topological polar surface area (TPSA) is 116 Å². The quantitative estimate of drug-likeness (QED) is 0.215. The number of anilines is 1. The van der Waals surface area contributed by atoms with Crippen LogP contribution >= 0.6 is 22.9 Å². The van der Waals surface area contributed by atoms with Gasteiger partial charge in [0.15, 0.2) is 0 Å². The van der Waals surface area contributed by atoms with Crippen molar-refractivity contribution in [3.05, 3.63) is 98.7 Å². The van der Waals surface area contributed by atoms with Crippen LogP contribution in [0.5, 0.6) is 0 Å². The molecule has 214 valence electrons. The molecule has 0 spiro atoms. The fourth-order valence-corrected chi connectivity index (χ4v) is 5.49. The Morgan fingerprint density at radius 3 is 2.48 bits per heavy atom. The Hall–Kier alpha value is -4.48. The summed E-state index contributed by atoms with van der Waals surface area (Å²) >= 11 is 7.60. The van der Waals surface area contributed by atoms with Crippen molar-refractivity contribution in [2.24, 2.45) is 5.41 Å². The molecule has 0 amide bonds. The maximum atomic E-state index is 13.6. The number of rotatable bonds is 8. The van der Waals surface area contributed by atoms with E-state index in [9.17, 15) is 14.4 Å². The molecule has 0 aliphatic heterocycles. The molecule has 0 atom stereocenters. The average Bonchev–Trinajstić information content (AvgIpc) is 3.60. The number of thiophene rings is 1. The number of hydrogen-bond donors (Lipinski definition) is 0. The standard InChI is InChI=1S/C30H28ClN7O3S/c1-30(2,3)29(41)38-27(36(4)16-21-7-8-26(31)42-21)14-23(35-38)20-12-24(19-6-5-10-32-15-19)37(28(40)13-20)17-25(39)22-9-11-33-18-34-22/h5-15,18H,16-17H2,1-4H3. The van der Waals surface area contributed by atoms with Gasteiger partial charge in [-0.3, -0.25) is 19.4 Å². The number of Topliss-reactive ketones (excluding diaryl/α,β-unsaturated/α-hetero) is 1. The molecule has 12 heteroatoms. The molecule has 0 fully saturated rings. The smallest absolute Gasteiger partial charge is 0.254 e. The van der Waals surface area contributed by atoms with E-state index in [1.54, 1.807) is 30.6 Å². The summed E-state index contributed by atoms with van der Waals surface area (Å²) in [5, 5.41) is 4.68. The Kier molecular flexibility index (Phi) is 8.15. The first-order valence-corrected chi connectivity index (χ1v) is 14.3. The number of ketones is 1. The van der Waals surface area contributed by atoms with E-state index in [2.05, 4.69) is 20.1 Å². The molecule has 0 saturated carbocycles. The Balaban J connectivity index is 1.61. The maximum Gasteiger partial charge on any atom is 0.254 e. The molecule has 0 bridgehead atoms. The molecule has 5 aromatic rings. The van der Waals surface area contributed by atoms with Crippen molar-refractivity contribution in [1.82, 2.24) is 29.3 Å². The van der Waals surface area contributed by atoms with E-state index in [0.29, 0.717) is 39.2 Å². The summed E-state index contributed by atoms with van der Waals surface area (Å²) in [7, 11) is 1.87. The number of hydrogen-bond acceptors (Lipinski definition) is 9. The lowest BCUT2D eigenvalue weighted by Gasteiger charge is -2.22. The first-order valence-electron chi connectivity index (χ1n) is 13.1. The van der Waals surface area contributed by atoms with Gasteiger partial charge in [-0.25, -0.2) is 9.97 Å². The summed E-state index contributed by atoms with van der Waals surface area (Å²) in [5.74, 6) is 0.0339. The third-order valence-electron chi connectivity index (χ3n) is 6.49. The van der Waals surface area contributed by atoms with E-state index >= 15 is 0 Å². The summed E-state index contributed by atoms with van der Waals surface area (Å²) in [6, 6.07) is 13.8. The van der Waals surface area contributed by atoms with Crippen molar-refractivity contribution < 1.29 is 9.59 Å². The average molecular weight is 602 g/mol. The molecule has 0 aliphatic carbocycles. The highest BCUT2D eigenvalue weighted by molar-refractivity contribution is 7.16. The maximum absolute atomic E-state index is 13.6. The summed E-state index contributed by atoms with van der Waals surface area (Å²) < 4.78 is 3.45. The van der Waals surface area contributed by atoms with Gasteiger partial charge >= 0.3 is 0 Å². The number of carbonyl (C=O) groups excluding carboxylic acids is 2. The second kappa shape index (κ2) is 11.8. The van der Waals surface area contributed by atoms with Gasteiger partial charge in [0.05, 0.1) is 28.8 Å². The predicted molar refractivity (Wildman–Crippen MR) is 163 cm³/mol. The van der Waals surface area contributed by atoms with Crippen molar-refractivity contribution in [1.29, 1.82) is 0 Å². The molecular weight excluding hydrogens is 574 g/mol. The molecular formula is C30H28ClN7O3S. The summed E-state index contributed by atoms with van der Waals surface area (Å²) in [6.07, 6.45) is 6.02. The summed E-state index contributed by atoms with van der Waals surface area (Å²) in [6.45, 7) is 5.77. The SMILES string of the molecule is CN(Cc1ccc(Cl)s1)c1cc(-c2cc(-c3cccnc3)n(CC(=O)c3ccncn3)c(=O)c2)nn1C(=O)C(C)(C)C. The van der Waals surface area contributed by atoms with Gasteiger partial charge in [0.25, 0.3) is 11.5 Å². The zero-order valence-electron chi connectivity index (χ0n) is 23.5. The van der Waals surface area contributed by atoms with Crippen LogP contribution in [0.1, 0.15) is 40.9 Å². The third-order valence-corrected chi connectivity index (χ3v) is 7.70. The molecule has 5 aromatic heterocycles. The fourth-order valence-electron chi connectivity index (χ4n) is 4.34. The van der Waals surface area contributed by atoms with Crippen LogP contribution in [0.4, 0.5) is 5.82 Å². The van der Waals surface area contributed by atoms with Crippen LogP contribution in [0, 0.1) is 5.41 Å². The Labute approximate surface area is 251 Å². The van der Waals surface area contributed by atoms with E-state index in [-0.39, 0.29) is 23.9 Å². The lowest BCUT2D eigenvalue weighted by molar-refractivity contribution is 0.0751. The number of aromatic nitrogens is 6. The van der Waals surface area contributed by atoms with Crippen LogP contribution in [0.3, 0.4) is 0 Å². The minimum Gasteiger partial charge on any atom is -0.354 e.